The number of benzene rings is 3. The largest absolute Gasteiger partial charge is 0.468 e. The minimum absolute atomic E-state index is 0.0161. The highest BCUT2D eigenvalue weighted by atomic mass is 32.2. The smallest absolute Gasteiger partial charge is 0.325 e. The number of sulfone groups is 1. The Kier molecular flexibility index (Phi) is 6.22. The Labute approximate surface area is 196 Å². The van der Waals surface area contributed by atoms with Gasteiger partial charge in [-0.25, -0.2) is 12.8 Å². The van der Waals surface area contributed by atoms with E-state index >= 15 is 0 Å². The van der Waals surface area contributed by atoms with Crippen LogP contribution in [-0.2, 0) is 32.3 Å². The Morgan fingerprint density at radius 2 is 1.82 bits per heavy atom. The molecule has 4 aromatic rings. The molecule has 0 aliphatic rings. The number of rotatable bonds is 6. The maximum absolute atomic E-state index is 14.2. The number of ether oxygens (including phenoxy) is 1. The predicted molar refractivity (Wildman–Crippen MR) is 125 cm³/mol. The van der Waals surface area contributed by atoms with Crippen molar-refractivity contribution in [3.63, 3.8) is 0 Å². The first-order chi connectivity index (χ1) is 16.3. The fourth-order valence-electron chi connectivity index (χ4n) is 4.08. The van der Waals surface area contributed by atoms with Gasteiger partial charge >= 0.3 is 5.97 Å². The molecule has 34 heavy (non-hydrogen) atoms. The molecule has 0 bridgehead atoms. The SMILES string of the molecule is COC(=O)Cn1c(C)c(Cc2ccc(C#N)cc2S(=O)(=O)c2ccccc2)c2cc(F)ccc21. The molecule has 0 N–H and O–H groups in total. The van der Waals surface area contributed by atoms with E-state index in [1.54, 1.807) is 47.9 Å². The van der Waals surface area contributed by atoms with Crippen molar-refractivity contribution in [3.05, 3.63) is 94.9 Å². The Balaban J connectivity index is 1.91. The molecule has 1 heterocycles. The number of nitrogens with zero attached hydrogens (tertiary/aromatic N) is 2. The molecule has 0 radical (unpaired) electrons. The van der Waals surface area contributed by atoms with Gasteiger partial charge in [0.25, 0.3) is 0 Å². The van der Waals surface area contributed by atoms with E-state index in [-0.39, 0.29) is 28.3 Å². The van der Waals surface area contributed by atoms with Gasteiger partial charge in [-0.3, -0.25) is 4.79 Å². The highest BCUT2D eigenvalue weighted by Crippen LogP contribution is 2.32. The molecule has 3 aromatic carbocycles. The molecule has 0 aliphatic heterocycles. The zero-order chi connectivity index (χ0) is 24.5. The third-order valence-electron chi connectivity index (χ3n) is 5.84. The highest BCUT2D eigenvalue weighted by molar-refractivity contribution is 7.91. The lowest BCUT2D eigenvalue weighted by Crippen LogP contribution is -2.13. The summed E-state index contributed by atoms with van der Waals surface area (Å²) in [6.45, 7) is 1.73. The summed E-state index contributed by atoms with van der Waals surface area (Å²) in [5.41, 5.74) is 2.70. The van der Waals surface area contributed by atoms with E-state index in [0.717, 1.165) is 0 Å². The molecule has 8 heteroatoms. The molecule has 0 fully saturated rings. The first-order valence-corrected chi connectivity index (χ1v) is 11.9. The van der Waals surface area contributed by atoms with Crippen molar-refractivity contribution < 1.29 is 22.3 Å². The molecule has 0 spiro atoms. The topological polar surface area (TPSA) is 89.2 Å². The standard InChI is InChI=1S/C26H21FN2O4S/c1-17-22(23-14-20(27)10-11-24(23)29(17)16-26(30)33-2)13-19-9-8-18(15-28)12-25(19)34(31,32)21-6-4-3-5-7-21/h3-12,14H,13,16H2,1-2H3. The summed E-state index contributed by atoms with van der Waals surface area (Å²) in [5, 5.41) is 9.95. The van der Waals surface area contributed by atoms with Gasteiger partial charge in [0, 0.05) is 23.0 Å². The lowest BCUT2D eigenvalue weighted by atomic mass is 10.0. The third kappa shape index (κ3) is 4.18. The molecule has 172 valence electrons. The maximum Gasteiger partial charge on any atom is 0.325 e. The fraction of sp³-hybridized carbons (Fsp3) is 0.154. The van der Waals surface area contributed by atoms with Crippen LogP contribution >= 0.6 is 0 Å². The van der Waals surface area contributed by atoms with Crippen molar-refractivity contribution in [1.82, 2.24) is 4.57 Å². The number of aromatic nitrogens is 1. The summed E-state index contributed by atoms with van der Waals surface area (Å²) in [7, 11) is -2.63. The van der Waals surface area contributed by atoms with E-state index in [1.165, 1.54) is 37.4 Å². The van der Waals surface area contributed by atoms with Crippen LogP contribution in [0.3, 0.4) is 0 Å². The lowest BCUT2D eigenvalue weighted by Gasteiger charge is -2.12. The van der Waals surface area contributed by atoms with Gasteiger partial charge in [-0.2, -0.15) is 5.26 Å². The molecule has 1 aromatic heterocycles. The van der Waals surface area contributed by atoms with Gasteiger partial charge in [0.15, 0.2) is 0 Å². The van der Waals surface area contributed by atoms with Gasteiger partial charge in [-0.05, 0) is 60.5 Å². The number of carbonyl (C=O) groups excluding carboxylic acids is 1. The molecular formula is C26H21FN2O4S. The van der Waals surface area contributed by atoms with Gasteiger partial charge in [0.05, 0.1) is 28.5 Å². The summed E-state index contributed by atoms with van der Waals surface area (Å²) in [4.78, 5) is 12.1. The van der Waals surface area contributed by atoms with Crippen LogP contribution in [0.1, 0.15) is 22.4 Å². The van der Waals surface area contributed by atoms with Crippen molar-refractivity contribution in [2.75, 3.05) is 7.11 Å². The summed E-state index contributed by atoms with van der Waals surface area (Å²) < 4.78 is 47.7. The number of halogens is 1. The minimum Gasteiger partial charge on any atom is -0.468 e. The van der Waals surface area contributed by atoms with Crippen LogP contribution in [-0.4, -0.2) is 26.1 Å². The Morgan fingerprint density at radius 1 is 1.09 bits per heavy atom. The number of methoxy groups -OCH3 is 1. The van der Waals surface area contributed by atoms with Gasteiger partial charge in [-0.1, -0.05) is 24.3 Å². The minimum atomic E-state index is -3.92. The molecular weight excluding hydrogens is 455 g/mol. The monoisotopic (exact) mass is 476 g/mol. The highest BCUT2D eigenvalue weighted by Gasteiger charge is 2.24. The predicted octanol–water partition coefficient (Wildman–Crippen LogP) is 4.56. The number of carbonyl (C=O) groups is 1. The van der Waals surface area contributed by atoms with Crippen molar-refractivity contribution in [2.45, 2.75) is 29.7 Å². The van der Waals surface area contributed by atoms with E-state index in [0.29, 0.717) is 27.7 Å². The zero-order valence-electron chi connectivity index (χ0n) is 18.6. The van der Waals surface area contributed by atoms with Crippen LogP contribution < -0.4 is 0 Å². The molecule has 4 rings (SSSR count). The van der Waals surface area contributed by atoms with E-state index in [2.05, 4.69) is 0 Å². The molecule has 0 unspecified atom stereocenters. The number of hydrogen-bond donors (Lipinski definition) is 0. The third-order valence-corrected chi connectivity index (χ3v) is 7.69. The Hall–Kier alpha value is -3.96. The first kappa shape index (κ1) is 23.2. The van der Waals surface area contributed by atoms with E-state index in [4.69, 9.17) is 4.74 Å². The van der Waals surface area contributed by atoms with Crippen LogP contribution in [0.4, 0.5) is 4.39 Å². The average Bonchev–Trinajstić information content (AvgIpc) is 3.09. The van der Waals surface area contributed by atoms with Crippen LogP contribution in [0.15, 0.2) is 76.5 Å². The number of nitriles is 1. The second-order valence-corrected chi connectivity index (χ2v) is 9.73. The van der Waals surface area contributed by atoms with E-state index < -0.39 is 21.6 Å². The van der Waals surface area contributed by atoms with Crippen molar-refractivity contribution in [2.24, 2.45) is 0 Å². The van der Waals surface area contributed by atoms with Gasteiger partial charge < -0.3 is 9.30 Å². The first-order valence-electron chi connectivity index (χ1n) is 10.4. The summed E-state index contributed by atoms with van der Waals surface area (Å²) in [6, 6.07) is 18.8. The summed E-state index contributed by atoms with van der Waals surface area (Å²) in [5.74, 6) is -0.900. The van der Waals surface area contributed by atoms with Crippen LogP contribution in [0.5, 0.6) is 0 Å². The molecule has 6 nitrogen and oxygen atoms in total. The Morgan fingerprint density at radius 3 is 2.50 bits per heavy atom. The maximum atomic E-state index is 14.2. The normalized spacial score (nSPS) is 11.4. The zero-order valence-corrected chi connectivity index (χ0v) is 19.4. The number of fused-ring (bicyclic) bond motifs is 1. The van der Waals surface area contributed by atoms with Crippen molar-refractivity contribution >= 4 is 26.7 Å². The fourth-order valence-corrected chi connectivity index (χ4v) is 5.62. The number of esters is 1. The molecule has 0 saturated carbocycles. The summed E-state index contributed by atoms with van der Waals surface area (Å²) >= 11 is 0. The van der Waals surface area contributed by atoms with Crippen LogP contribution in [0, 0.1) is 24.1 Å². The lowest BCUT2D eigenvalue weighted by molar-refractivity contribution is -0.141. The van der Waals surface area contributed by atoms with E-state index in [9.17, 15) is 22.9 Å². The van der Waals surface area contributed by atoms with Gasteiger partial charge in [0.2, 0.25) is 9.84 Å². The van der Waals surface area contributed by atoms with Gasteiger partial charge in [0.1, 0.15) is 12.4 Å². The number of hydrogen-bond acceptors (Lipinski definition) is 5. The molecule has 0 atom stereocenters. The van der Waals surface area contributed by atoms with E-state index in [1.807, 2.05) is 6.07 Å². The molecule has 0 aliphatic carbocycles. The molecule has 0 saturated heterocycles. The summed E-state index contributed by atoms with van der Waals surface area (Å²) in [6.07, 6.45) is 0.160. The van der Waals surface area contributed by atoms with Crippen LogP contribution in [0.2, 0.25) is 0 Å². The van der Waals surface area contributed by atoms with Crippen molar-refractivity contribution in [1.29, 1.82) is 5.26 Å². The molecule has 0 amide bonds. The second kappa shape index (κ2) is 9.12. The van der Waals surface area contributed by atoms with Crippen molar-refractivity contribution in [3.8, 4) is 6.07 Å². The van der Waals surface area contributed by atoms with Crippen LogP contribution in [0.25, 0.3) is 10.9 Å². The second-order valence-electron chi connectivity index (χ2n) is 7.82. The quantitative estimate of drug-likeness (QED) is 0.381. The average molecular weight is 477 g/mol. The van der Waals surface area contributed by atoms with Gasteiger partial charge in [-0.15, -0.1) is 0 Å². The Bertz CT molecular complexity index is 1550.